The van der Waals surface area contributed by atoms with E-state index in [1.807, 2.05) is 38.2 Å². The van der Waals surface area contributed by atoms with Gasteiger partial charge in [0.05, 0.1) is 24.0 Å². The second kappa shape index (κ2) is 18.7. The predicted molar refractivity (Wildman–Crippen MR) is 227 cm³/mol. The fourth-order valence-corrected chi connectivity index (χ4v) is 8.72. The van der Waals surface area contributed by atoms with Gasteiger partial charge in [0.25, 0.3) is 5.91 Å². The third kappa shape index (κ3) is 9.61. The van der Waals surface area contributed by atoms with Crippen molar-refractivity contribution in [2.75, 3.05) is 33.3 Å². The van der Waals surface area contributed by atoms with Crippen molar-refractivity contribution in [2.24, 2.45) is 11.3 Å². The van der Waals surface area contributed by atoms with E-state index in [0.717, 1.165) is 83.3 Å². The molecule has 0 aliphatic carbocycles. The molecular weight excluding hydrogens is 731 g/mol. The number of carbonyl (C=O) groups is 4. The minimum Gasteiger partial charge on any atom is -0.465 e. The van der Waals surface area contributed by atoms with Crippen LogP contribution < -0.4 is 16.1 Å². The van der Waals surface area contributed by atoms with Crippen molar-refractivity contribution in [1.29, 1.82) is 0 Å². The van der Waals surface area contributed by atoms with Crippen LogP contribution in [0.15, 0.2) is 60.8 Å². The fraction of sp³-hybridized carbons (Fsp3) is 0.500. The van der Waals surface area contributed by atoms with E-state index >= 15 is 0 Å². The number of pyridine rings is 1. The summed E-state index contributed by atoms with van der Waals surface area (Å²) in [5.41, 5.74) is 11.4. The van der Waals surface area contributed by atoms with E-state index in [-0.39, 0.29) is 41.6 Å². The fourth-order valence-electron chi connectivity index (χ4n) is 8.72. The van der Waals surface area contributed by atoms with Crippen LogP contribution in [-0.2, 0) is 43.3 Å². The lowest BCUT2D eigenvalue weighted by atomic mass is 9.84. The minimum atomic E-state index is -0.840. The summed E-state index contributed by atoms with van der Waals surface area (Å²) >= 11 is 0. The van der Waals surface area contributed by atoms with Gasteiger partial charge in [-0.05, 0) is 98.0 Å². The van der Waals surface area contributed by atoms with Crippen molar-refractivity contribution in [3.8, 4) is 22.4 Å². The molecule has 0 saturated carbocycles. The Kier molecular flexibility index (Phi) is 13.7. The Bertz CT molecular complexity index is 2100. The molecule has 3 amide bonds. The largest absolute Gasteiger partial charge is 0.465 e. The van der Waals surface area contributed by atoms with Crippen LogP contribution in [0.3, 0.4) is 0 Å². The van der Waals surface area contributed by atoms with Crippen molar-refractivity contribution in [2.45, 2.75) is 105 Å². The minimum absolute atomic E-state index is 0.151. The molecule has 3 N–H and O–H groups in total. The maximum Gasteiger partial charge on any atom is 0.302 e. The Balaban J connectivity index is 1.41. The second-order valence-electron chi connectivity index (χ2n) is 17.0. The molecule has 2 saturated heterocycles. The number of rotatable bonds is 16. The van der Waals surface area contributed by atoms with Gasteiger partial charge >= 0.3 is 5.97 Å². The van der Waals surface area contributed by atoms with Crippen LogP contribution in [0.2, 0.25) is 0 Å². The normalized spacial score (nSPS) is 17.0. The van der Waals surface area contributed by atoms with Crippen LogP contribution >= 0.6 is 0 Å². The molecular formula is C46H61N7O5. The first kappa shape index (κ1) is 42.5. The molecule has 0 bridgehead atoms. The number of esters is 1. The van der Waals surface area contributed by atoms with E-state index in [2.05, 4.69) is 77.8 Å². The highest BCUT2D eigenvalue weighted by molar-refractivity contribution is 5.95. The molecule has 4 heterocycles. The number of ether oxygens (including phenoxy) is 1. The molecule has 2 aromatic heterocycles. The van der Waals surface area contributed by atoms with Crippen LogP contribution in [-0.4, -0.2) is 89.0 Å². The first-order chi connectivity index (χ1) is 27.8. The Morgan fingerprint density at radius 2 is 1.84 bits per heavy atom. The predicted octanol–water partition coefficient (Wildman–Crippen LogP) is 6.21. The van der Waals surface area contributed by atoms with Crippen molar-refractivity contribution < 1.29 is 23.9 Å². The van der Waals surface area contributed by atoms with Crippen LogP contribution in [0.4, 0.5) is 0 Å². The van der Waals surface area contributed by atoms with Crippen molar-refractivity contribution >= 4 is 35.1 Å². The highest BCUT2D eigenvalue weighted by Crippen LogP contribution is 2.42. The number of hydrogen-bond donors (Lipinski definition) is 3. The first-order valence-corrected chi connectivity index (χ1v) is 20.9. The molecule has 2 aliphatic rings. The molecule has 2 aliphatic heterocycles. The summed E-state index contributed by atoms with van der Waals surface area (Å²) in [5, 5.41) is 9.44. The van der Waals surface area contributed by atoms with E-state index in [1.54, 1.807) is 12.1 Å². The molecule has 3 unspecified atom stereocenters. The molecule has 0 spiro atoms. The lowest BCUT2D eigenvalue weighted by Gasteiger charge is -2.33. The highest BCUT2D eigenvalue weighted by Gasteiger charge is 2.33. The maximum atomic E-state index is 14.0. The van der Waals surface area contributed by atoms with Gasteiger partial charge in [-0.15, -0.1) is 0 Å². The topological polar surface area (TPSA) is 138 Å². The number of hydrazine groups is 1. The number of nitrogens with one attached hydrogen (secondary N) is 3. The molecule has 2 aromatic carbocycles. The van der Waals surface area contributed by atoms with E-state index in [1.165, 1.54) is 17.4 Å². The van der Waals surface area contributed by atoms with Crippen LogP contribution in [0.5, 0.6) is 0 Å². The number of benzene rings is 2. The molecule has 6 rings (SSSR count). The third-order valence-electron chi connectivity index (χ3n) is 11.5. The molecule has 0 radical (unpaired) electrons. The van der Waals surface area contributed by atoms with E-state index < -0.39 is 12.1 Å². The maximum absolute atomic E-state index is 14.0. The molecule has 4 aromatic rings. The average Bonchev–Trinajstić information content (AvgIpc) is 3.86. The average molecular weight is 792 g/mol. The zero-order valence-corrected chi connectivity index (χ0v) is 35.3. The summed E-state index contributed by atoms with van der Waals surface area (Å²) in [7, 11) is 1.59. The van der Waals surface area contributed by atoms with Crippen LogP contribution in [0.1, 0.15) is 90.1 Å². The monoisotopic (exact) mass is 791 g/mol. The van der Waals surface area contributed by atoms with Gasteiger partial charge in [0, 0.05) is 68.1 Å². The van der Waals surface area contributed by atoms with Gasteiger partial charge in [0.2, 0.25) is 12.3 Å². The highest BCUT2D eigenvalue weighted by atomic mass is 16.5. The number of amides is 3. The number of hydrogen-bond acceptors (Lipinski definition) is 8. The number of nitrogens with zero attached hydrogens (tertiary/aromatic N) is 4. The molecule has 12 nitrogen and oxygen atoms in total. The zero-order valence-electron chi connectivity index (χ0n) is 35.3. The van der Waals surface area contributed by atoms with Gasteiger partial charge in [-0.2, -0.15) is 0 Å². The quantitative estimate of drug-likeness (QED) is 0.0900. The van der Waals surface area contributed by atoms with Gasteiger partial charge in [0.15, 0.2) is 0 Å². The first-order valence-electron chi connectivity index (χ1n) is 20.9. The molecule has 2 fully saturated rings. The standard InChI is InChI=1S/C46H61N7O5/c1-8-52-40-19-18-34(26-36(40)37(27-46(5,6)28-58-31(4)55)43(52)35-16-12-21-48-41(35)38-17-13-20-47-38)33-15-11-14-32(24-33)25-39(45(57)53-23-10-9-22-49-53)50-44(56)42(30(2)3)51(7)29-54/h11-12,14-16,18-19,21,24,26,29-30,38-39,42,47,49H,8-10,13,17,20,22-23,25,27-28H2,1-7H3,(H,50,56). The summed E-state index contributed by atoms with van der Waals surface area (Å²) in [6, 6.07) is 17.6. The summed E-state index contributed by atoms with van der Waals surface area (Å²) < 4.78 is 7.98. The van der Waals surface area contributed by atoms with Gasteiger partial charge in [0.1, 0.15) is 12.1 Å². The van der Waals surface area contributed by atoms with E-state index in [0.29, 0.717) is 32.5 Å². The van der Waals surface area contributed by atoms with Crippen molar-refractivity contribution in [1.82, 2.24) is 35.5 Å². The van der Waals surface area contributed by atoms with Crippen molar-refractivity contribution in [3.63, 3.8) is 0 Å². The van der Waals surface area contributed by atoms with E-state index in [4.69, 9.17) is 9.72 Å². The molecule has 58 heavy (non-hydrogen) atoms. The Morgan fingerprint density at radius 1 is 1.05 bits per heavy atom. The summed E-state index contributed by atoms with van der Waals surface area (Å²) in [6.45, 7) is 14.9. The van der Waals surface area contributed by atoms with Gasteiger partial charge < -0.3 is 24.8 Å². The number of likely N-dealkylation sites (N-methyl/N-ethyl adjacent to an activating group) is 1. The smallest absolute Gasteiger partial charge is 0.302 e. The Hall–Kier alpha value is -5.07. The van der Waals surface area contributed by atoms with Gasteiger partial charge in [-0.25, -0.2) is 5.43 Å². The number of fused-ring (bicyclic) bond motifs is 1. The van der Waals surface area contributed by atoms with Gasteiger partial charge in [-0.3, -0.25) is 29.2 Å². The SMILES string of the molecule is CCn1c(-c2cccnc2C2CCCN2)c(CC(C)(C)COC(C)=O)c2cc(-c3cccc(CC(NC(=O)C(C(C)C)N(C)C=O)C(=O)N4CCCCN4)c3)ccc21. The van der Waals surface area contributed by atoms with Crippen LogP contribution in [0, 0.1) is 11.3 Å². The second-order valence-corrected chi connectivity index (χ2v) is 17.0. The molecule has 12 heteroatoms. The number of aryl methyl sites for hydroxylation is 1. The van der Waals surface area contributed by atoms with Crippen LogP contribution in [0.25, 0.3) is 33.3 Å². The van der Waals surface area contributed by atoms with Gasteiger partial charge in [-0.1, -0.05) is 58.0 Å². The number of carbonyl (C=O) groups excluding carboxylic acids is 4. The Labute approximate surface area is 343 Å². The van der Waals surface area contributed by atoms with Crippen molar-refractivity contribution in [3.05, 3.63) is 77.6 Å². The zero-order chi connectivity index (χ0) is 41.6. The number of aromatic nitrogens is 2. The summed E-state index contributed by atoms with van der Waals surface area (Å²) in [6.07, 6.45) is 7.47. The molecule has 310 valence electrons. The lowest BCUT2D eigenvalue weighted by molar-refractivity contribution is -0.144. The summed E-state index contributed by atoms with van der Waals surface area (Å²) in [4.78, 5) is 57.7. The lowest BCUT2D eigenvalue weighted by Crippen LogP contribution is -2.58. The summed E-state index contributed by atoms with van der Waals surface area (Å²) in [5.74, 6) is -1.01. The Morgan fingerprint density at radius 3 is 2.52 bits per heavy atom. The van der Waals surface area contributed by atoms with E-state index in [9.17, 15) is 19.2 Å². The molecule has 3 atom stereocenters. The third-order valence-corrected chi connectivity index (χ3v) is 11.5.